The van der Waals surface area contributed by atoms with Crippen molar-refractivity contribution in [3.8, 4) is 11.8 Å². The summed E-state index contributed by atoms with van der Waals surface area (Å²) in [6, 6.07) is 25.9. The number of alkyl carbamates (subject to hydrolysis) is 1. The van der Waals surface area contributed by atoms with E-state index >= 15 is 0 Å². The summed E-state index contributed by atoms with van der Waals surface area (Å²) in [5, 5.41) is 5.11. The number of aromatic amines is 2. The van der Waals surface area contributed by atoms with Gasteiger partial charge in [0.15, 0.2) is 0 Å². The van der Waals surface area contributed by atoms with E-state index in [-0.39, 0.29) is 30.8 Å². The van der Waals surface area contributed by atoms with Gasteiger partial charge in [-0.3, -0.25) is 4.90 Å². The Kier molecular flexibility index (Phi) is 8.10. The molecule has 268 valence electrons. The molecule has 1 aliphatic heterocycles. The van der Waals surface area contributed by atoms with Crippen molar-refractivity contribution < 1.29 is 19.1 Å². The number of carbonyl (C=O) groups is 2. The molecule has 53 heavy (non-hydrogen) atoms. The van der Waals surface area contributed by atoms with Gasteiger partial charge in [-0.2, -0.15) is 0 Å². The van der Waals surface area contributed by atoms with E-state index in [1.807, 2.05) is 80.3 Å². The van der Waals surface area contributed by atoms with Crippen molar-refractivity contribution in [2.24, 2.45) is 11.8 Å². The summed E-state index contributed by atoms with van der Waals surface area (Å²) in [5.74, 6) is 9.27. The smallest absolute Gasteiger partial charge is 0.410 e. The van der Waals surface area contributed by atoms with Crippen molar-refractivity contribution in [1.82, 2.24) is 30.2 Å². The summed E-state index contributed by atoms with van der Waals surface area (Å²) in [4.78, 5) is 44.7. The minimum absolute atomic E-state index is 0.136. The number of hydrogen-bond acceptors (Lipinski definition) is 6. The molecule has 0 bridgehead atoms. The molecule has 2 amide bonds. The lowest BCUT2D eigenvalue weighted by molar-refractivity contribution is 0.0497. The number of imidazole rings is 2. The summed E-state index contributed by atoms with van der Waals surface area (Å²) in [6.07, 6.45) is 4.35. The average Bonchev–Trinajstić information content (AvgIpc) is 3.96. The maximum absolute atomic E-state index is 13.3. The largest absolute Gasteiger partial charge is 0.445 e. The summed E-state index contributed by atoms with van der Waals surface area (Å²) in [5.41, 5.74) is 5.68. The van der Waals surface area contributed by atoms with Gasteiger partial charge in [0, 0.05) is 22.6 Å². The van der Waals surface area contributed by atoms with Crippen LogP contribution in [0.2, 0.25) is 0 Å². The molecule has 4 aromatic carbocycles. The van der Waals surface area contributed by atoms with Gasteiger partial charge in [-0.15, -0.1) is 0 Å². The van der Waals surface area contributed by atoms with Crippen molar-refractivity contribution in [2.75, 3.05) is 0 Å². The quantitative estimate of drug-likeness (QED) is 0.143. The number of nitrogens with zero attached hydrogens (tertiary/aromatic N) is 3. The molecule has 0 spiro atoms. The minimum Gasteiger partial charge on any atom is -0.445 e. The molecule has 2 saturated carbocycles. The molecule has 9 rings (SSSR count). The lowest BCUT2D eigenvalue weighted by Gasteiger charge is -2.25. The van der Waals surface area contributed by atoms with E-state index < -0.39 is 11.7 Å². The Balaban J connectivity index is 0.921. The first-order chi connectivity index (χ1) is 25.6. The standard InChI is InChI=1S/C43H42N6O4/c1-43(2,3)53-41(50)47-35(21-26-11-12-26)39-44-32-17-14-27(20-34(32)46-39)10-9-25-13-16-31-29(19-25)15-18-33-38(31)48-40(45-33)37-23-30-22-36(30)49(37)42(51)52-24-28-7-5-4-6-8-28/h4-8,13-20,26,30,35-37H,11-12,21-24H2,1-3H3,(H,44,46)(H,45,48)(H,47,50)/t30-,35+,36-,37+/m1/s1. The van der Waals surface area contributed by atoms with Crippen LogP contribution in [-0.4, -0.2) is 48.7 Å². The van der Waals surface area contributed by atoms with Crippen LogP contribution in [0.15, 0.2) is 78.9 Å². The Morgan fingerprint density at radius 2 is 1.72 bits per heavy atom. The number of aromatic nitrogens is 4. The van der Waals surface area contributed by atoms with Crippen LogP contribution in [0.5, 0.6) is 0 Å². The number of likely N-dealkylation sites (tertiary alicyclic amines) is 1. The molecular formula is C43H42N6O4. The number of carbonyl (C=O) groups excluding carboxylic acids is 2. The van der Waals surface area contributed by atoms with Crippen molar-refractivity contribution in [3.63, 3.8) is 0 Å². The van der Waals surface area contributed by atoms with Crippen LogP contribution in [0.25, 0.3) is 32.8 Å². The number of rotatable bonds is 7. The van der Waals surface area contributed by atoms with Crippen LogP contribution in [-0.2, 0) is 16.1 Å². The number of piperidine rings is 1. The van der Waals surface area contributed by atoms with Gasteiger partial charge in [-0.25, -0.2) is 19.6 Å². The van der Waals surface area contributed by atoms with Crippen LogP contribution in [0.1, 0.15) is 93.3 Å². The van der Waals surface area contributed by atoms with Gasteiger partial charge in [0.25, 0.3) is 0 Å². The Morgan fingerprint density at radius 1 is 0.925 bits per heavy atom. The van der Waals surface area contributed by atoms with E-state index in [2.05, 4.69) is 51.4 Å². The molecule has 3 heterocycles. The molecule has 0 unspecified atom stereocenters. The number of ether oxygens (including phenoxy) is 2. The van der Waals surface area contributed by atoms with Crippen LogP contribution in [0.3, 0.4) is 0 Å². The summed E-state index contributed by atoms with van der Waals surface area (Å²) < 4.78 is 11.3. The summed E-state index contributed by atoms with van der Waals surface area (Å²) in [7, 11) is 0. The predicted octanol–water partition coefficient (Wildman–Crippen LogP) is 8.83. The third-order valence-corrected chi connectivity index (χ3v) is 10.5. The van der Waals surface area contributed by atoms with Gasteiger partial charge in [0.1, 0.15) is 23.9 Å². The van der Waals surface area contributed by atoms with Crippen molar-refractivity contribution in [3.05, 3.63) is 107 Å². The van der Waals surface area contributed by atoms with Crippen LogP contribution in [0.4, 0.5) is 9.59 Å². The highest BCUT2D eigenvalue weighted by Gasteiger charge is 2.56. The van der Waals surface area contributed by atoms with Crippen LogP contribution in [0, 0.1) is 23.7 Å². The minimum atomic E-state index is -0.574. The fourth-order valence-corrected chi connectivity index (χ4v) is 7.61. The number of nitrogens with one attached hydrogen (secondary N) is 3. The van der Waals surface area contributed by atoms with Gasteiger partial charge in [0.05, 0.1) is 34.2 Å². The Morgan fingerprint density at radius 3 is 2.51 bits per heavy atom. The predicted molar refractivity (Wildman–Crippen MR) is 203 cm³/mol. The van der Waals surface area contributed by atoms with Crippen LogP contribution < -0.4 is 5.32 Å². The second-order valence-corrected chi connectivity index (χ2v) is 15.8. The third kappa shape index (κ3) is 7.04. The highest BCUT2D eigenvalue weighted by molar-refractivity contribution is 6.04. The second-order valence-electron chi connectivity index (χ2n) is 15.8. The van der Waals surface area contributed by atoms with E-state index in [9.17, 15) is 9.59 Å². The SMILES string of the molecule is CC(C)(C)OC(=O)N[C@@H](CC1CC1)c1nc2ccc(C#Cc3ccc4c(ccc5[nH]c([C@@H]6C[C@H]7C[C@H]7N6C(=O)OCc6ccccc6)nc54)c3)cc2[nH]1. The zero-order valence-corrected chi connectivity index (χ0v) is 30.1. The first kappa shape index (κ1) is 33.0. The van der Waals surface area contributed by atoms with Crippen LogP contribution >= 0.6 is 0 Å². The number of hydrogen-bond donors (Lipinski definition) is 3. The zero-order valence-electron chi connectivity index (χ0n) is 30.1. The number of H-pyrrole nitrogens is 2. The first-order valence-corrected chi connectivity index (χ1v) is 18.6. The molecular weight excluding hydrogens is 665 g/mol. The molecule has 3 N–H and O–H groups in total. The molecule has 10 heteroatoms. The van der Waals surface area contributed by atoms with E-state index in [0.717, 1.165) is 80.4 Å². The Bertz CT molecular complexity index is 2430. The lowest BCUT2D eigenvalue weighted by Crippen LogP contribution is -2.35. The molecule has 10 nitrogen and oxygen atoms in total. The van der Waals surface area contributed by atoms with Gasteiger partial charge < -0.3 is 24.8 Å². The maximum Gasteiger partial charge on any atom is 0.410 e. The summed E-state index contributed by atoms with van der Waals surface area (Å²) in [6.45, 7) is 5.84. The molecule has 1 saturated heterocycles. The second kappa shape index (κ2) is 13.0. The summed E-state index contributed by atoms with van der Waals surface area (Å²) >= 11 is 0. The fraction of sp³-hybridized carbons (Fsp3) is 0.349. The molecule has 3 aliphatic rings. The topological polar surface area (TPSA) is 125 Å². The highest BCUT2D eigenvalue weighted by Crippen LogP contribution is 2.53. The van der Waals surface area contributed by atoms with Crippen molar-refractivity contribution >= 4 is 45.0 Å². The number of amides is 2. The fourth-order valence-electron chi connectivity index (χ4n) is 7.61. The van der Waals surface area contributed by atoms with E-state index in [1.165, 1.54) is 12.8 Å². The monoisotopic (exact) mass is 706 g/mol. The first-order valence-electron chi connectivity index (χ1n) is 18.6. The molecule has 4 atom stereocenters. The van der Waals surface area contributed by atoms with E-state index in [0.29, 0.717) is 11.8 Å². The molecule has 0 radical (unpaired) electrons. The van der Waals surface area contributed by atoms with E-state index in [1.54, 1.807) is 0 Å². The normalized spacial score (nSPS) is 19.8. The van der Waals surface area contributed by atoms with Crippen molar-refractivity contribution in [1.29, 1.82) is 0 Å². The molecule has 3 fully saturated rings. The van der Waals surface area contributed by atoms with Crippen molar-refractivity contribution in [2.45, 2.75) is 83.2 Å². The molecule has 6 aromatic rings. The van der Waals surface area contributed by atoms with Gasteiger partial charge in [-0.05, 0) is 99.2 Å². The van der Waals surface area contributed by atoms with Gasteiger partial charge >= 0.3 is 12.2 Å². The Hall–Kier alpha value is -5.82. The van der Waals surface area contributed by atoms with Gasteiger partial charge in [0.2, 0.25) is 0 Å². The molecule has 2 aliphatic carbocycles. The Labute approximate surface area is 307 Å². The average molecular weight is 707 g/mol. The number of fused-ring (bicyclic) bond motifs is 5. The zero-order chi connectivity index (χ0) is 36.3. The number of benzene rings is 4. The maximum atomic E-state index is 13.3. The van der Waals surface area contributed by atoms with E-state index in [4.69, 9.17) is 19.4 Å². The molecule has 2 aromatic heterocycles. The highest BCUT2D eigenvalue weighted by atomic mass is 16.6. The lowest BCUT2D eigenvalue weighted by atomic mass is 10.1. The van der Waals surface area contributed by atoms with Gasteiger partial charge in [-0.1, -0.05) is 67.1 Å². The third-order valence-electron chi connectivity index (χ3n) is 10.5.